The highest BCUT2D eigenvalue weighted by atomic mass is 127. The number of aliphatic imine (C=N–C) groups is 1. The van der Waals surface area contributed by atoms with E-state index < -0.39 is 0 Å². The van der Waals surface area contributed by atoms with E-state index in [2.05, 4.69) is 41.6 Å². The molecule has 0 heterocycles. The fraction of sp³-hybridized carbons (Fsp3) is 0.533. The third-order valence-electron chi connectivity index (χ3n) is 3.61. The zero-order valence-electron chi connectivity index (χ0n) is 12.2. The minimum absolute atomic E-state index is 0. The molecule has 0 radical (unpaired) electrons. The number of hydrogen-bond acceptors (Lipinski definition) is 1. The molecule has 1 aliphatic carbocycles. The van der Waals surface area contributed by atoms with Crippen LogP contribution in [0.5, 0.6) is 0 Å². The maximum atomic E-state index is 6.03. The molecule has 1 aromatic carbocycles. The Balaban J connectivity index is 0.00000200. The highest BCUT2D eigenvalue weighted by molar-refractivity contribution is 14.0. The van der Waals surface area contributed by atoms with Crippen LogP contribution in [0.15, 0.2) is 29.3 Å². The molecule has 112 valence electrons. The molecule has 3 atom stereocenters. The number of guanidine groups is 1. The standard InChI is InChI=1S/C15H22ClN3.HI/c1-4-10(2)18-15(17-3)19-14-9-13(14)11-6-5-7-12(16)8-11;/h5-8,10,13-14H,4,9H2,1-3H3,(H2,17,18,19);1H. The Labute approximate surface area is 143 Å². The fourth-order valence-corrected chi connectivity index (χ4v) is 2.34. The first-order valence-electron chi connectivity index (χ1n) is 6.89. The van der Waals surface area contributed by atoms with Gasteiger partial charge >= 0.3 is 0 Å². The Bertz CT molecular complexity index is 464. The number of rotatable bonds is 4. The summed E-state index contributed by atoms with van der Waals surface area (Å²) in [5.41, 5.74) is 1.31. The molecule has 1 saturated carbocycles. The second-order valence-electron chi connectivity index (χ2n) is 5.17. The Kier molecular flexibility index (Phi) is 7.09. The Morgan fingerprint density at radius 3 is 2.85 bits per heavy atom. The number of benzene rings is 1. The summed E-state index contributed by atoms with van der Waals surface area (Å²) in [5.74, 6) is 1.44. The first kappa shape index (κ1) is 17.6. The van der Waals surface area contributed by atoms with E-state index in [1.54, 1.807) is 0 Å². The van der Waals surface area contributed by atoms with Gasteiger partial charge in [-0.1, -0.05) is 30.7 Å². The molecule has 0 aromatic heterocycles. The van der Waals surface area contributed by atoms with Gasteiger partial charge in [-0.2, -0.15) is 0 Å². The first-order chi connectivity index (χ1) is 9.13. The lowest BCUT2D eigenvalue weighted by atomic mass is 10.1. The second kappa shape index (κ2) is 8.08. The molecular weight excluding hydrogens is 385 g/mol. The zero-order chi connectivity index (χ0) is 13.8. The van der Waals surface area contributed by atoms with Gasteiger partial charge in [0.2, 0.25) is 0 Å². The summed E-state index contributed by atoms with van der Waals surface area (Å²) in [6.45, 7) is 4.32. The summed E-state index contributed by atoms with van der Waals surface area (Å²) < 4.78 is 0. The number of hydrogen-bond donors (Lipinski definition) is 2. The summed E-state index contributed by atoms with van der Waals surface area (Å²) in [4.78, 5) is 4.27. The van der Waals surface area contributed by atoms with E-state index >= 15 is 0 Å². The van der Waals surface area contributed by atoms with E-state index in [0.29, 0.717) is 18.0 Å². The van der Waals surface area contributed by atoms with Gasteiger partial charge in [0.25, 0.3) is 0 Å². The fourth-order valence-electron chi connectivity index (χ4n) is 2.14. The van der Waals surface area contributed by atoms with Crippen LogP contribution in [0.2, 0.25) is 5.02 Å². The Hall–Kier alpha value is -0.490. The highest BCUT2D eigenvalue weighted by Gasteiger charge is 2.39. The Morgan fingerprint density at radius 1 is 1.50 bits per heavy atom. The van der Waals surface area contributed by atoms with Gasteiger partial charge in [-0.3, -0.25) is 4.99 Å². The quantitative estimate of drug-likeness (QED) is 0.453. The van der Waals surface area contributed by atoms with Gasteiger partial charge in [-0.25, -0.2) is 0 Å². The molecule has 1 aliphatic rings. The lowest BCUT2D eigenvalue weighted by molar-refractivity contribution is 0.622. The van der Waals surface area contributed by atoms with Crippen LogP contribution >= 0.6 is 35.6 Å². The molecule has 20 heavy (non-hydrogen) atoms. The van der Waals surface area contributed by atoms with Crippen molar-refractivity contribution in [2.75, 3.05) is 7.05 Å². The molecule has 2 N–H and O–H groups in total. The van der Waals surface area contributed by atoms with E-state index in [1.807, 2.05) is 19.2 Å². The van der Waals surface area contributed by atoms with Crippen molar-refractivity contribution >= 4 is 41.5 Å². The van der Waals surface area contributed by atoms with E-state index in [1.165, 1.54) is 5.56 Å². The maximum absolute atomic E-state index is 6.03. The average molecular weight is 408 g/mol. The van der Waals surface area contributed by atoms with Gasteiger partial charge in [0.1, 0.15) is 0 Å². The lowest BCUT2D eigenvalue weighted by Gasteiger charge is -2.16. The summed E-state index contributed by atoms with van der Waals surface area (Å²) >= 11 is 6.03. The monoisotopic (exact) mass is 407 g/mol. The summed E-state index contributed by atoms with van der Waals surface area (Å²) in [5, 5.41) is 7.66. The van der Waals surface area contributed by atoms with Crippen molar-refractivity contribution in [3.05, 3.63) is 34.9 Å². The molecule has 0 bridgehead atoms. The Morgan fingerprint density at radius 2 is 2.25 bits per heavy atom. The molecule has 2 rings (SSSR count). The predicted octanol–water partition coefficient (Wildman–Crippen LogP) is 3.78. The molecule has 1 fully saturated rings. The van der Waals surface area contributed by atoms with Crippen LogP contribution in [0.25, 0.3) is 0 Å². The zero-order valence-corrected chi connectivity index (χ0v) is 15.3. The van der Waals surface area contributed by atoms with Gasteiger partial charge in [-0.05, 0) is 37.5 Å². The summed E-state index contributed by atoms with van der Waals surface area (Å²) in [7, 11) is 1.81. The van der Waals surface area contributed by atoms with Crippen LogP contribution in [-0.4, -0.2) is 25.1 Å². The van der Waals surface area contributed by atoms with Crippen molar-refractivity contribution in [3.8, 4) is 0 Å². The highest BCUT2D eigenvalue weighted by Crippen LogP contribution is 2.41. The maximum Gasteiger partial charge on any atom is 0.191 e. The molecular formula is C15H23ClIN3. The van der Waals surface area contributed by atoms with Gasteiger partial charge in [0.15, 0.2) is 5.96 Å². The van der Waals surface area contributed by atoms with Crippen LogP contribution in [0.3, 0.4) is 0 Å². The summed E-state index contributed by atoms with van der Waals surface area (Å²) in [6.07, 6.45) is 2.23. The third kappa shape index (κ3) is 4.81. The molecule has 3 unspecified atom stereocenters. The van der Waals surface area contributed by atoms with Gasteiger partial charge in [-0.15, -0.1) is 24.0 Å². The van der Waals surface area contributed by atoms with Crippen LogP contribution in [0.1, 0.15) is 38.2 Å². The third-order valence-corrected chi connectivity index (χ3v) is 3.84. The topological polar surface area (TPSA) is 36.4 Å². The van der Waals surface area contributed by atoms with Gasteiger partial charge in [0.05, 0.1) is 0 Å². The van der Waals surface area contributed by atoms with Gasteiger partial charge in [0, 0.05) is 30.1 Å². The number of nitrogens with zero attached hydrogens (tertiary/aromatic N) is 1. The van der Waals surface area contributed by atoms with Crippen molar-refractivity contribution in [3.63, 3.8) is 0 Å². The SMILES string of the molecule is CCC(C)NC(=NC)NC1CC1c1cccc(Cl)c1.I. The lowest BCUT2D eigenvalue weighted by Crippen LogP contribution is -2.43. The van der Waals surface area contributed by atoms with Crippen molar-refractivity contribution in [2.24, 2.45) is 4.99 Å². The predicted molar refractivity (Wildman–Crippen MR) is 97.4 cm³/mol. The molecule has 0 saturated heterocycles. The molecule has 0 aliphatic heterocycles. The van der Waals surface area contributed by atoms with Crippen LogP contribution in [0.4, 0.5) is 0 Å². The van der Waals surface area contributed by atoms with E-state index in [4.69, 9.17) is 11.6 Å². The molecule has 0 amide bonds. The van der Waals surface area contributed by atoms with Crippen molar-refractivity contribution in [1.29, 1.82) is 0 Å². The summed E-state index contributed by atoms with van der Waals surface area (Å²) in [6, 6.07) is 9.03. The molecule has 1 aromatic rings. The molecule has 3 nitrogen and oxygen atoms in total. The van der Waals surface area contributed by atoms with Gasteiger partial charge < -0.3 is 10.6 Å². The van der Waals surface area contributed by atoms with Crippen molar-refractivity contribution in [1.82, 2.24) is 10.6 Å². The minimum Gasteiger partial charge on any atom is -0.354 e. The number of nitrogens with one attached hydrogen (secondary N) is 2. The smallest absolute Gasteiger partial charge is 0.191 e. The minimum atomic E-state index is 0. The van der Waals surface area contributed by atoms with Crippen LogP contribution < -0.4 is 10.6 Å². The molecule has 0 spiro atoms. The van der Waals surface area contributed by atoms with E-state index in [0.717, 1.165) is 23.8 Å². The van der Waals surface area contributed by atoms with Crippen LogP contribution in [-0.2, 0) is 0 Å². The van der Waals surface area contributed by atoms with Crippen LogP contribution in [0, 0.1) is 0 Å². The van der Waals surface area contributed by atoms with E-state index in [9.17, 15) is 0 Å². The average Bonchev–Trinajstić information content (AvgIpc) is 3.17. The largest absolute Gasteiger partial charge is 0.354 e. The second-order valence-corrected chi connectivity index (χ2v) is 5.61. The van der Waals surface area contributed by atoms with E-state index in [-0.39, 0.29) is 24.0 Å². The van der Waals surface area contributed by atoms with Crippen molar-refractivity contribution in [2.45, 2.75) is 44.7 Å². The normalized spacial score (nSPS) is 22.7. The first-order valence-corrected chi connectivity index (χ1v) is 7.27. The number of halogens is 2. The molecule has 5 heteroatoms. The van der Waals surface area contributed by atoms with Crippen molar-refractivity contribution < 1.29 is 0 Å².